The summed E-state index contributed by atoms with van der Waals surface area (Å²) in [5.41, 5.74) is 5.80. The van der Waals surface area contributed by atoms with E-state index >= 15 is 0 Å². The minimum atomic E-state index is 0.214. The van der Waals surface area contributed by atoms with E-state index in [1.165, 1.54) is 28.7 Å². The van der Waals surface area contributed by atoms with Crippen molar-refractivity contribution >= 4 is 23.5 Å². The predicted octanol–water partition coefficient (Wildman–Crippen LogP) is 0.289. The quantitative estimate of drug-likeness (QED) is 0.679. The number of ether oxygens (including phenoxy) is 1. The zero-order valence-corrected chi connectivity index (χ0v) is 11.5. The van der Waals surface area contributed by atoms with E-state index in [0.29, 0.717) is 28.3 Å². The first-order valence-corrected chi connectivity index (χ1v) is 6.74. The lowest BCUT2D eigenvalue weighted by Gasteiger charge is -1.98. The van der Waals surface area contributed by atoms with Crippen LogP contribution in [-0.2, 0) is 0 Å². The third-order valence-electron chi connectivity index (χ3n) is 2.46. The summed E-state index contributed by atoms with van der Waals surface area (Å²) in [6.07, 6.45) is 4.93. The Hall–Kier alpha value is -2.49. The Morgan fingerprint density at radius 1 is 1.15 bits per heavy atom. The van der Waals surface area contributed by atoms with Crippen molar-refractivity contribution in [3.63, 3.8) is 0 Å². The Morgan fingerprint density at radius 3 is 2.55 bits per heavy atom. The first kappa shape index (κ1) is 12.5. The average Bonchev–Trinajstić information content (AvgIpc) is 2.92. The molecule has 0 unspecified atom stereocenters. The first-order chi connectivity index (χ1) is 9.71. The highest BCUT2D eigenvalue weighted by atomic mass is 32.2. The van der Waals surface area contributed by atoms with Crippen molar-refractivity contribution in [1.29, 1.82) is 0 Å². The highest BCUT2D eigenvalue weighted by Gasteiger charge is 2.13. The van der Waals surface area contributed by atoms with Crippen molar-refractivity contribution in [2.24, 2.45) is 0 Å². The van der Waals surface area contributed by atoms with Crippen LogP contribution >= 0.6 is 11.8 Å². The molecule has 0 atom stereocenters. The van der Waals surface area contributed by atoms with Crippen LogP contribution in [0.15, 0.2) is 17.6 Å². The molecule has 3 heterocycles. The highest BCUT2D eigenvalue weighted by molar-refractivity contribution is 7.98. The van der Waals surface area contributed by atoms with Gasteiger partial charge in [0.15, 0.2) is 16.7 Å². The topological polar surface area (TPSA) is 117 Å². The second-order valence-electron chi connectivity index (χ2n) is 3.66. The van der Waals surface area contributed by atoms with Gasteiger partial charge in [0.25, 0.3) is 5.78 Å². The Morgan fingerprint density at radius 2 is 1.90 bits per heavy atom. The summed E-state index contributed by atoms with van der Waals surface area (Å²) in [6, 6.07) is 0. The molecule has 3 aromatic rings. The molecule has 0 saturated heterocycles. The van der Waals surface area contributed by atoms with Gasteiger partial charge in [-0.3, -0.25) is 0 Å². The fraction of sp³-hybridized carbons (Fsp3) is 0.200. The van der Waals surface area contributed by atoms with Crippen molar-refractivity contribution in [2.45, 2.75) is 5.16 Å². The van der Waals surface area contributed by atoms with Crippen molar-refractivity contribution in [2.75, 3.05) is 19.1 Å². The minimum Gasteiger partial charge on any atom is -0.494 e. The van der Waals surface area contributed by atoms with Crippen LogP contribution < -0.4 is 10.5 Å². The third-order valence-corrected chi connectivity index (χ3v) is 3.01. The average molecular weight is 290 g/mol. The van der Waals surface area contributed by atoms with Gasteiger partial charge in [-0.05, 0) is 6.26 Å². The molecule has 3 rings (SSSR count). The standard InChI is InChI=1S/C10H10N8OS/c1-19-5-3-12-6(13-4-5)7-14-9-16-10(20-2)15-8(11)18(9)17-7/h3-4H,1-2H3,(H2,11,14,15,16,17). The number of nitrogens with zero attached hydrogens (tertiary/aromatic N) is 7. The Bertz CT molecular complexity index is 756. The van der Waals surface area contributed by atoms with Gasteiger partial charge in [-0.15, -0.1) is 5.10 Å². The number of hydrogen-bond donors (Lipinski definition) is 1. The van der Waals surface area contributed by atoms with E-state index < -0.39 is 0 Å². The molecule has 0 radical (unpaired) electrons. The molecule has 3 aromatic heterocycles. The van der Waals surface area contributed by atoms with Gasteiger partial charge in [0.05, 0.1) is 19.5 Å². The fourth-order valence-corrected chi connectivity index (χ4v) is 1.87. The smallest absolute Gasteiger partial charge is 0.258 e. The van der Waals surface area contributed by atoms with Crippen molar-refractivity contribution in [3.05, 3.63) is 12.4 Å². The van der Waals surface area contributed by atoms with E-state index in [-0.39, 0.29) is 5.95 Å². The van der Waals surface area contributed by atoms with Gasteiger partial charge in [0.1, 0.15) is 0 Å². The molecule has 0 saturated carbocycles. The number of methoxy groups -OCH3 is 1. The van der Waals surface area contributed by atoms with E-state index in [4.69, 9.17) is 10.5 Å². The van der Waals surface area contributed by atoms with Crippen molar-refractivity contribution in [3.8, 4) is 17.4 Å². The van der Waals surface area contributed by atoms with Gasteiger partial charge in [-0.25, -0.2) is 9.97 Å². The van der Waals surface area contributed by atoms with Crippen LogP contribution in [0.25, 0.3) is 17.4 Å². The summed E-state index contributed by atoms with van der Waals surface area (Å²) in [5, 5.41) is 4.73. The van der Waals surface area contributed by atoms with Crippen molar-refractivity contribution in [1.82, 2.24) is 34.5 Å². The van der Waals surface area contributed by atoms with Gasteiger partial charge in [-0.2, -0.15) is 19.5 Å². The molecule has 0 aliphatic rings. The number of hydrogen-bond acceptors (Lipinski definition) is 9. The lowest BCUT2D eigenvalue weighted by atomic mass is 10.5. The maximum atomic E-state index is 5.80. The SMILES string of the molecule is COc1cnc(-c2nc3nc(SC)nc(N)n3n2)nc1. The maximum Gasteiger partial charge on any atom is 0.258 e. The molecular formula is C10H10N8OS. The van der Waals surface area contributed by atoms with Gasteiger partial charge in [0, 0.05) is 0 Å². The maximum absolute atomic E-state index is 5.80. The summed E-state index contributed by atoms with van der Waals surface area (Å²) in [5.74, 6) is 1.82. The molecule has 0 spiro atoms. The molecule has 0 bridgehead atoms. The van der Waals surface area contributed by atoms with Crippen LogP contribution in [0.3, 0.4) is 0 Å². The summed E-state index contributed by atoms with van der Waals surface area (Å²) >= 11 is 1.38. The van der Waals surface area contributed by atoms with E-state index in [1.807, 2.05) is 6.26 Å². The number of fused-ring (bicyclic) bond motifs is 1. The van der Waals surface area contributed by atoms with Crippen LogP contribution in [0.1, 0.15) is 0 Å². The number of aromatic nitrogens is 7. The number of anilines is 1. The molecule has 102 valence electrons. The number of nitrogen functional groups attached to an aromatic ring is 1. The van der Waals surface area contributed by atoms with E-state index in [9.17, 15) is 0 Å². The second kappa shape index (κ2) is 4.89. The summed E-state index contributed by atoms with van der Waals surface area (Å²) < 4.78 is 6.35. The molecule has 0 aliphatic carbocycles. The molecule has 10 heteroatoms. The predicted molar refractivity (Wildman–Crippen MR) is 72.3 cm³/mol. The monoisotopic (exact) mass is 290 g/mol. The largest absolute Gasteiger partial charge is 0.494 e. The number of nitrogens with two attached hydrogens (primary N) is 1. The minimum absolute atomic E-state index is 0.214. The zero-order chi connectivity index (χ0) is 14.1. The molecule has 2 N–H and O–H groups in total. The van der Waals surface area contributed by atoms with E-state index in [1.54, 1.807) is 7.11 Å². The first-order valence-electron chi connectivity index (χ1n) is 5.52. The molecule has 0 aliphatic heterocycles. The van der Waals surface area contributed by atoms with E-state index in [0.717, 1.165) is 0 Å². The highest BCUT2D eigenvalue weighted by Crippen LogP contribution is 2.16. The van der Waals surface area contributed by atoms with Crippen LogP contribution in [0.2, 0.25) is 0 Å². The summed E-state index contributed by atoms with van der Waals surface area (Å²) in [7, 11) is 1.54. The molecule has 0 amide bonds. The van der Waals surface area contributed by atoms with Gasteiger partial charge >= 0.3 is 0 Å². The van der Waals surface area contributed by atoms with Gasteiger partial charge in [0.2, 0.25) is 11.8 Å². The fourth-order valence-electron chi connectivity index (χ4n) is 1.51. The van der Waals surface area contributed by atoms with Gasteiger partial charge < -0.3 is 10.5 Å². The van der Waals surface area contributed by atoms with Crippen LogP contribution in [0.5, 0.6) is 5.75 Å². The summed E-state index contributed by atoms with van der Waals surface area (Å²) in [6.45, 7) is 0. The Kier molecular flexibility index (Phi) is 3.06. The van der Waals surface area contributed by atoms with Crippen LogP contribution in [0.4, 0.5) is 5.95 Å². The molecule has 0 fully saturated rings. The number of rotatable bonds is 3. The lowest BCUT2D eigenvalue weighted by molar-refractivity contribution is 0.411. The lowest BCUT2D eigenvalue weighted by Crippen LogP contribution is -2.04. The second-order valence-corrected chi connectivity index (χ2v) is 4.44. The van der Waals surface area contributed by atoms with E-state index in [2.05, 4.69) is 30.0 Å². The molecule has 9 nitrogen and oxygen atoms in total. The van der Waals surface area contributed by atoms with Crippen molar-refractivity contribution < 1.29 is 4.74 Å². The Labute approximate surface area is 117 Å². The molecule has 0 aromatic carbocycles. The van der Waals surface area contributed by atoms with Crippen LogP contribution in [0, 0.1) is 0 Å². The van der Waals surface area contributed by atoms with Crippen LogP contribution in [-0.4, -0.2) is 47.9 Å². The normalized spacial score (nSPS) is 10.9. The summed E-state index contributed by atoms with van der Waals surface area (Å²) in [4.78, 5) is 20.8. The van der Waals surface area contributed by atoms with Gasteiger partial charge in [-0.1, -0.05) is 11.8 Å². The third kappa shape index (κ3) is 2.09. The molecule has 20 heavy (non-hydrogen) atoms. The Balaban J connectivity index is 2.09. The molecular weight excluding hydrogens is 280 g/mol. The number of thioether (sulfide) groups is 1. The zero-order valence-electron chi connectivity index (χ0n) is 10.7.